The van der Waals surface area contributed by atoms with Crippen LogP contribution in [0, 0.1) is 35.8 Å². The predicted molar refractivity (Wildman–Crippen MR) is 164 cm³/mol. The number of terminal acetylenes is 1. The van der Waals surface area contributed by atoms with Crippen LogP contribution >= 0.6 is 0 Å². The van der Waals surface area contributed by atoms with Crippen LogP contribution in [0.15, 0.2) is 36.4 Å². The fraction of sp³-hybridized carbons (Fsp3) is 0.429. The maximum absolute atomic E-state index is 16.8. The van der Waals surface area contributed by atoms with Gasteiger partial charge in [0, 0.05) is 54.2 Å². The largest absolute Gasteiger partial charge is 0.508 e. The lowest BCUT2D eigenvalue weighted by atomic mass is 9.92. The van der Waals surface area contributed by atoms with Gasteiger partial charge in [-0.25, -0.2) is 17.6 Å². The molecule has 1 N–H and O–H groups in total. The SMILES string of the molecule is C#Cc1c(F)ccc2cc(O)cc(-c3ccc4c(N5CC6CCC(C5)C6F)nc(OC[C@@]56CCCN5C[C@H](F)C6)nc4c3F)c12. The van der Waals surface area contributed by atoms with Gasteiger partial charge < -0.3 is 14.7 Å². The standard InChI is InChI=1S/C35H32F4N4O2/c1-2-24-28(37)9-6-19-12-23(44)13-27(29(19)24)25-7-8-26-32(31(25)39)40-34(45-18-35-10-3-11-43(35)17-22(36)14-35)41-33(26)42-15-20-4-5-21(16-42)30(20)38/h1,6-9,12-13,20-22,30,44H,3-5,10-11,14-18H2/t20?,21?,22-,30?,35+/m1/s1. The van der Waals surface area contributed by atoms with Gasteiger partial charge >= 0.3 is 6.01 Å². The number of hydrogen-bond donors (Lipinski definition) is 1. The van der Waals surface area contributed by atoms with Crippen molar-refractivity contribution >= 4 is 27.5 Å². The molecule has 10 heteroatoms. The van der Waals surface area contributed by atoms with Crippen LogP contribution in [0.1, 0.15) is 37.7 Å². The molecule has 4 atom stereocenters. The zero-order chi connectivity index (χ0) is 31.0. The van der Waals surface area contributed by atoms with E-state index in [1.54, 1.807) is 12.1 Å². The highest BCUT2D eigenvalue weighted by Gasteiger charge is 2.49. The number of aromatic hydroxyl groups is 1. The Bertz CT molecular complexity index is 1880. The second kappa shape index (κ2) is 10.5. The van der Waals surface area contributed by atoms with E-state index in [0.29, 0.717) is 48.0 Å². The first-order valence-electron chi connectivity index (χ1n) is 15.6. The number of alkyl halides is 2. The first-order valence-corrected chi connectivity index (χ1v) is 15.6. The number of benzene rings is 3. The number of hydrogen-bond acceptors (Lipinski definition) is 6. The van der Waals surface area contributed by atoms with Crippen molar-refractivity contribution in [3.8, 4) is 35.2 Å². The molecule has 3 aliphatic heterocycles. The van der Waals surface area contributed by atoms with E-state index in [0.717, 1.165) is 32.2 Å². The number of nitrogens with zero attached hydrogens (tertiary/aromatic N) is 4. The Hall–Kier alpha value is -4.10. The summed E-state index contributed by atoms with van der Waals surface area (Å²) in [6.07, 6.45) is 7.53. The van der Waals surface area contributed by atoms with E-state index in [1.807, 2.05) is 4.90 Å². The van der Waals surface area contributed by atoms with E-state index in [1.165, 1.54) is 24.3 Å². The molecule has 0 spiro atoms. The van der Waals surface area contributed by atoms with E-state index in [2.05, 4.69) is 15.8 Å². The average Bonchev–Trinajstić information content (AvgIpc) is 3.60. The molecule has 4 heterocycles. The van der Waals surface area contributed by atoms with Gasteiger partial charge in [-0.3, -0.25) is 4.90 Å². The maximum atomic E-state index is 16.8. The Labute approximate surface area is 258 Å². The number of phenolic OH excluding ortho intramolecular Hbond substituents is 1. The van der Waals surface area contributed by atoms with Crippen molar-refractivity contribution in [2.75, 3.05) is 37.7 Å². The van der Waals surface area contributed by atoms with Crippen molar-refractivity contribution in [3.05, 3.63) is 53.6 Å². The van der Waals surface area contributed by atoms with Gasteiger partial charge in [0.1, 0.15) is 41.9 Å². The van der Waals surface area contributed by atoms with Crippen molar-refractivity contribution in [3.63, 3.8) is 0 Å². The van der Waals surface area contributed by atoms with Crippen molar-refractivity contribution in [2.24, 2.45) is 11.8 Å². The summed E-state index contributed by atoms with van der Waals surface area (Å²) < 4.78 is 67.1. The topological polar surface area (TPSA) is 61.7 Å². The third kappa shape index (κ3) is 4.50. The highest BCUT2D eigenvalue weighted by molar-refractivity contribution is 6.04. The van der Waals surface area contributed by atoms with E-state index >= 15 is 4.39 Å². The number of piperidine rings is 1. The first-order chi connectivity index (χ1) is 21.7. The van der Waals surface area contributed by atoms with Gasteiger partial charge in [0.2, 0.25) is 0 Å². The Morgan fingerprint density at radius 2 is 1.82 bits per heavy atom. The van der Waals surface area contributed by atoms with E-state index in [-0.39, 0.29) is 52.4 Å². The quantitative estimate of drug-likeness (QED) is 0.203. The summed E-state index contributed by atoms with van der Waals surface area (Å²) in [6.45, 7) is 2.21. The molecule has 1 aliphatic carbocycles. The molecule has 232 valence electrons. The van der Waals surface area contributed by atoms with Crippen molar-refractivity contribution < 1.29 is 27.4 Å². The average molecular weight is 617 g/mol. The molecule has 2 bridgehead atoms. The molecule has 6 nitrogen and oxygen atoms in total. The number of phenols is 1. The molecule has 3 saturated heterocycles. The van der Waals surface area contributed by atoms with Crippen LogP contribution in [0.3, 0.4) is 0 Å². The van der Waals surface area contributed by atoms with Crippen LogP contribution in [0.25, 0.3) is 32.8 Å². The summed E-state index contributed by atoms with van der Waals surface area (Å²) >= 11 is 0. The van der Waals surface area contributed by atoms with Gasteiger partial charge in [-0.15, -0.1) is 6.42 Å². The smallest absolute Gasteiger partial charge is 0.319 e. The first kappa shape index (κ1) is 28.4. The fourth-order valence-electron chi connectivity index (χ4n) is 8.39. The van der Waals surface area contributed by atoms with Crippen LogP contribution in [-0.4, -0.2) is 70.6 Å². The normalized spacial score (nSPS) is 27.8. The summed E-state index contributed by atoms with van der Waals surface area (Å²) in [6, 6.07) is 8.72. The van der Waals surface area contributed by atoms with Gasteiger partial charge in [-0.2, -0.15) is 9.97 Å². The number of halogens is 4. The Morgan fingerprint density at radius 1 is 1.02 bits per heavy atom. The molecule has 1 saturated carbocycles. The second-order valence-corrected chi connectivity index (χ2v) is 13.1. The molecule has 4 aliphatic rings. The van der Waals surface area contributed by atoms with E-state index in [9.17, 15) is 18.3 Å². The van der Waals surface area contributed by atoms with Gasteiger partial charge in [0.15, 0.2) is 5.82 Å². The van der Waals surface area contributed by atoms with Crippen LogP contribution in [-0.2, 0) is 0 Å². The molecular formula is C35H32F4N4O2. The van der Waals surface area contributed by atoms with E-state index < -0.39 is 29.5 Å². The van der Waals surface area contributed by atoms with Crippen LogP contribution in [0.5, 0.6) is 11.8 Å². The minimum Gasteiger partial charge on any atom is -0.508 e. The molecule has 2 unspecified atom stereocenters. The monoisotopic (exact) mass is 616 g/mol. The molecule has 1 aromatic heterocycles. The Kier molecular flexibility index (Phi) is 6.61. The fourth-order valence-corrected chi connectivity index (χ4v) is 8.39. The number of fused-ring (bicyclic) bond motifs is 5. The van der Waals surface area contributed by atoms with Crippen molar-refractivity contribution in [1.29, 1.82) is 0 Å². The van der Waals surface area contributed by atoms with Crippen molar-refractivity contribution in [1.82, 2.24) is 14.9 Å². The minimum atomic E-state index is -0.936. The van der Waals surface area contributed by atoms with Gasteiger partial charge in [0.05, 0.1) is 11.1 Å². The Balaban J connectivity index is 1.28. The zero-order valence-electron chi connectivity index (χ0n) is 24.6. The lowest BCUT2D eigenvalue weighted by molar-refractivity contribution is 0.107. The summed E-state index contributed by atoms with van der Waals surface area (Å²) in [5.74, 6) is 1.08. The summed E-state index contributed by atoms with van der Waals surface area (Å²) in [4.78, 5) is 13.4. The summed E-state index contributed by atoms with van der Waals surface area (Å²) in [7, 11) is 0. The molecule has 4 aromatic rings. The lowest BCUT2D eigenvalue weighted by Gasteiger charge is -2.36. The van der Waals surface area contributed by atoms with Crippen LogP contribution in [0.2, 0.25) is 0 Å². The number of aromatic nitrogens is 2. The minimum absolute atomic E-state index is 0.0204. The molecule has 3 aromatic carbocycles. The molecule has 45 heavy (non-hydrogen) atoms. The molecule has 8 rings (SSSR count). The van der Waals surface area contributed by atoms with Gasteiger partial charge in [-0.05, 0) is 67.4 Å². The molecule has 0 radical (unpaired) electrons. The zero-order valence-corrected chi connectivity index (χ0v) is 24.6. The van der Waals surface area contributed by atoms with E-state index in [4.69, 9.17) is 16.1 Å². The van der Waals surface area contributed by atoms with Crippen molar-refractivity contribution in [2.45, 2.75) is 50.0 Å². The molecule has 0 amide bonds. The lowest BCUT2D eigenvalue weighted by Crippen LogP contribution is -2.44. The Morgan fingerprint density at radius 3 is 2.60 bits per heavy atom. The highest BCUT2D eigenvalue weighted by Crippen LogP contribution is 2.44. The number of ether oxygens (including phenoxy) is 1. The van der Waals surface area contributed by atoms with Gasteiger partial charge in [0.25, 0.3) is 0 Å². The number of anilines is 1. The van der Waals surface area contributed by atoms with Crippen LogP contribution in [0.4, 0.5) is 23.4 Å². The third-order valence-electron chi connectivity index (χ3n) is 10.5. The predicted octanol–water partition coefficient (Wildman–Crippen LogP) is 6.55. The highest BCUT2D eigenvalue weighted by atomic mass is 19.1. The molecular weight excluding hydrogens is 584 g/mol. The molecule has 4 fully saturated rings. The second-order valence-electron chi connectivity index (χ2n) is 13.1. The third-order valence-corrected chi connectivity index (χ3v) is 10.5. The summed E-state index contributed by atoms with van der Waals surface area (Å²) in [5, 5.41) is 11.7. The maximum Gasteiger partial charge on any atom is 0.319 e. The van der Waals surface area contributed by atoms with Crippen LogP contribution < -0.4 is 9.64 Å². The number of rotatable bonds is 5. The summed E-state index contributed by atoms with van der Waals surface area (Å²) in [5.41, 5.74) is -0.230. The van der Waals surface area contributed by atoms with Gasteiger partial charge in [-0.1, -0.05) is 18.1 Å².